The number of hydrogen-bond acceptors (Lipinski definition) is 5. The number of amides is 2. The van der Waals surface area contributed by atoms with Crippen LogP contribution >= 0.6 is 0 Å². The Kier molecular flexibility index (Phi) is 5.93. The van der Waals surface area contributed by atoms with Gasteiger partial charge in [0.05, 0.1) is 11.6 Å². The topological polar surface area (TPSA) is 114 Å². The lowest BCUT2D eigenvalue weighted by Gasteiger charge is -2.33. The normalized spacial score (nSPS) is 20.5. The first-order chi connectivity index (χ1) is 18.0. The third-order valence-corrected chi connectivity index (χ3v) is 7.50. The average Bonchev–Trinajstić information content (AvgIpc) is 3.46. The number of nitrogens with one attached hydrogen (secondary N) is 2. The van der Waals surface area contributed by atoms with Crippen molar-refractivity contribution in [3.8, 4) is 0 Å². The number of aromatic amines is 1. The van der Waals surface area contributed by atoms with Crippen LogP contribution in [-0.4, -0.2) is 53.3 Å². The molecule has 2 amide bonds. The molecule has 2 atom stereocenters. The molecule has 37 heavy (non-hydrogen) atoms. The van der Waals surface area contributed by atoms with Crippen molar-refractivity contribution in [2.24, 2.45) is 0 Å². The first kappa shape index (κ1) is 23.3. The van der Waals surface area contributed by atoms with Crippen molar-refractivity contribution in [2.75, 3.05) is 13.1 Å². The molecule has 1 fully saturated rings. The van der Waals surface area contributed by atoms with Gasteiger partial charge < -0.3 is 14.8 Å². The Labute approximate surface area is 210 Å². The second kappa shape index (κ2) is 9.41. The zero-order valence-electron chi connectivity index (χ0n) is 20.0. The molecule has 0 radical (unpaired) electrons. The lowest BCUT2D eigenvalue weighted by atomic mass is 9.93. The largest absolute Gasteiger partial charge is 0.328 e. The van der Waals surface area contributed by atoms with Gasteiger partial charge >= 0.3 is 11.7 Å². The number of imidazole rings is 1. The molecule has 10 nitrogen and oxygen atoms in total. The zero-order chi connectivity index (χ0) is 25.5. The molecule has 1 aromatic carbocycles. The Morgan fingerprint density at radius 3 is 2.76 bits per heavy atom. The van der Waals surface area contributed by atoms with Crippen LogP contribution in [0.15, 0.2) is 47.7 Å². The van der Waals surface area contributed by atoms with Crippen LogP contribution < -0.4 is 11.0 Å². The molecule has 0 bridgehead atoms. The van der Waals surface area contributed by atoms with Gasteiger partial charge in [-0.15, -0.1) is 10.2 Å². The summed E-state index contributed by atoms with van der Waals surface area (Å²) < 4.78 is 31.9. The number of benzene rings is 1. The van der Waals surface area contributed by atoms with E-state index < -0.39 is 17.7 Å². The summed E-state index contributed by atoms with van der Waals surface area (Å²) in [7, 11) is 0. The summed E-state index contributed by atoms with van der Waals surface area (Å²) in [6.45, 7) is 1.38. The van der Waals surface area contributed by atoms with Gasteiger partial charge in [0, 0.05) is 37.8 Å². The Bertz CT molecular complexity index is 1500. The second-order valence-electron chi connectivity index (χ2n) is 9.65. The number of aromatic nitrogens is 6. The van der Waals surface area contributed by atoms with Gasteiger partial charge in [-0.25, -0.2) is 23.4 Å². The minimum Gasteiger partial charge on any atom is -0.328 e. The van der Waals surface area contributed by atoms with E-state index in [-0.39, 0.29) is 23.7 Å². The summed E-state index contributed by atoms with van der Waals surface area (Å²) in [5.41, 5.74) is 1.44. The van der Waals surface area contributed by atoms with Crippen molar-refractivity contribution in [1.82, 2.24) is 39.5 Å². The Hall–Kier alpha value is -4.09. The smallest absolute Gasteiger partial charge is 0.327 e. The minimum absolute atomic E-state index is 0.0302. The molecular weight excluding hydrogens is 482 g/mol. The molecule has 0 spiro atoms. The van der Waals surface area contributed by atoms with E-state index in [1.165, 1.54) is 6.07 Å². The summed E-state index contributed by atoms with van der Waals surface area (Å²) in [5.74, 6) is -1.38. The third kappa shape index (κ3) is 4.25. The van der Waals surface area contributed by atoms with Gasteiger partial charge in [-0.1, -0.05) is 12.1 Å². The standard InChI is InChI=1S/C25H26F2N8O2/c26-18-4-1-3-17(21(18)27)15-6-7-19(23-32-29-14-34(23)13-15)30-24(36)33-11-8-16(9-12-33)35-20-5-2-10-28-22(20)31-25(35)37/h1-5,10,14-16,19H,6-9,11-13H2,(H,30,36)(H,28,31,37)/t15-,19-/m1/s1. The maximum atomic E-state index is 14.5. The highest BCUT2D eigenvalue weighted by Crippen LogP contribution is 2.34. The molecule has 0 aliphatic carbocycles. The fourth-order valence-corrected chi connectivity index (χ4v) is 5.61. The van der Waals surface area contributed by atoms with Gasteiger partial charge in [0.15, 0.2) is 23.1 Å². The number of likely N-dealkylation sites (tertiary alicyclic amines) is 1. The molecule has 2 aliphatic heterocycles. The van der Waals surface area contributed by atoms with E-state index in [0.717, 1.165) is 11.6 Å². The monoisotopic (exact) mass is 508 g/mol. The van der Waals surface area contributed by atoms with Crippen LogP contribution in [0.4, 0.5) is 13.6 Å². The van der Waals surface area contributed by atoms with Gasteiger partial charge in [0.2, 0.25) is 0 Å². The SMILES string of the molecule is O=C(N[C@@H]1CC[C@@H](c2cccc(F)c2F)Cn2cnnc21)N1CCC(n2c(=O)[nH]c3ncccc32)CC1. The number of pyridine rings is 1. The van der Waals surface area contributed by atoms with Gasteiger partial charge in [-0.2, -0.15) is 0 Å². The molecule has 6 rings (SSSR count). The van der Waals surface area contributed by atoms with E-state index in [2.05, 4.69) is 25.5 Å². The minimum atomic E-state index is -0.870. The number of halogens is 2. The van der Waals surface area contributed by atoms with Crippen LogP contribution in [0.2, 0.25) is 0 Å². The predicted molar refractivity (Wildman–Crippen MR) is 130 cm³/mol. The number of H-pyrrole nitrogens is 1. The van der Waals surface area contributed by atoms with Gasteiger partial charge in [-0.3, -0.25) is 9.55 Å². The highest BCUT2D eigenvalue weighted by atomic mass is 19.2. The number of nitrogens with zero attached hydrogens (tertiary/aromatic N) is 6. The van der Waals surface area contributed by atoms with E-state index in [9.17, 15) is 18.4 Å². The maximum Gasteiger partial charge on any atom is 0.327 e. The van der Waals surface area contributed by atoms with E-state index in [1.54, 1.807) is 38.7 Å². The summed E-state index contributed by atoms with van der Waals surface area (Å²) in [5, 5.41) is 11.3. The van der Waals surface area contributed by atoms with E-state index in [4.69, 9.17) is 0 Å². The van der Waals surface area contributed by atoms with E-state index in [0.29, 0.717) is 62.4 Å². The zero-order valence-corrected chi connectivity index (χ0v) is 20.0. The Morgan fingerprint density at radius 2 is 1.92 bits per heavy atom. The van der Waals surface area contributed by atoms with Gasteiger partial charge in [0.25, 0.3) is 0 Å². The molecule has 4 aromatic rings. The molecule has 0 unspecified atom stereocenters. The molecule has 3 aromatic heterocycles. The summed E-state index contributed by atoms with van der Waals surface area (Å²) in [6, 6.07) is 7.23. The summed E-state index contributed by atoms with van der Waals surface area (Å²) >= 11 is 0. The number of fused-ring (bicyclic) bond motifs is 2. The third-order valence-electron chi connectivity index (χ3n) is 7.50. The van der Waals surface area contributed by atoms with Crippen molar-refractivity contribution in [1.29, 1.82) is 0 Å². The first-order valence-electron chi connectivity index (χ1n) is 12.4. The van der Waals surface area contributed by atoms with Crippen LogP contribution in [0, 0.1) is 11.6 Å². The van der Waals surface area contributed by atoms with Crippen LogP contribution in [0.3, 0.4) is 0 Å². The fourth-order valence-electron chi connectivity index (χ4n) is 5.61. The molecule has 12 heteroatoms. The Balaban J connectivity index is 1.13. The van der Waals surface area contributed by atoms with Crippen molar-refractivity contribution >= 4 is 17.2 Å². The highest BCUT2D eigenvalue weighted by Gasteiger charge is 2.32. The summed E-state index contributed by atoms with van der Waals surface area (Å²) in [6.07, 6.45) is 5.53. The van der Waals surface area contributed by atoms with Crippen LogP contribution in [0.5, 0.6) is 0 Å². The molecule has 2 aliphatic rings. The van der Waals surface area contributed by atoms with E-state index >= 15 is 0 Å². The van der Waals surface area contributed by atoms with Gasteiger partial charge in [0.1, 0.15) is 6.33 Å². The molecule has 0 saturated carbocycles. The summed E-state index contributed by atoms with van der Waals surface area (Å²) in [4.78, 5) is 34.5. The molecule has 5 heterocycles. The lowest BCUT2D eigenvalue weighted by molar-refractivity contribution is 0.167. The molecule has 2 N–H and O–H groups in total. The average molecular weight is 509 g/mol. The molecular formula is C25H26F2N8O2. The van der Waals surface area contributed by atoms with Crippen molar-refractivity contribution < 1.29 is 13.6 Å². The molecule has 192 valence electrons. The fraction of sp³-hybridized carbons (Fsp3) is 0.400. The second-order valence-corrected chi connectivity index (χ2v) is 9.65. The highest BCUT2D eigenvalue weighted by molar-refractivity contribution is 5.75. The number of piperidine rings is 1. The van der Waals surface area contributed by atoms with Crippen molar-refractivity contribution in [2.45, 2.75) is 50.2 Å². The maximum absolute atomic E-state index is 14.5. The van der Waals surface area contributed by atoms with Crippen LogP contribution in [0.25, 0.3) is 11.2 Å². The van der Waals surface area contributed by atoms with Gasteiger partial charge in [-0.05, 0) is 49.4 Å². The first-order valence-corrected chi connectivity index (χ1v) is 12.4. The van der Waals surface area contributed by atoms with Crippen molar-refractivity contribution in [3.05, 3.63) is 76.4 Å². The quantitative estimate of drug-likeness (QED) is 0.441. The van der Waals surface area contributed by atoms with Crippen LogP contribution in [0.1, 0.15) is 55.1 Å². The number of urea groups is 1. The lowest BCUT2D eigenvalue weighted by Crippen LogP contribution is -2.46. The number of carbonyl (C=O) groups is 1. The number of rotatable bonds is 3. The predicted octanol–water partition coefficient (Wildman–Crippen LogP) is 3.26. The number of carbonyl (C=O) groups excluding carboxylic acids is 1. The van der Waals surface area contributed by atoms with E-state index in [1.807, 2.05) is 6.07 Å². The van der Waals surface area contributed by atoms with Crippen LogP contribution in [-0.2, 0) is 6.54 Å². The Morgan fingerprint density at radius 1 is 1.08 bits per heavy atom. The number of hydrogen-bond donors (Lipinski definition) is 2. The molecule has 1 saturated heterocycles. The van der Waals surface area contributed by atoms with Crippen molar-refractivity contribution in [3.63, 3.8) is 0 Å².